The molecule has 5 rings (SSSR count). The van der Waals surface area contributed by atoms with E-state index in [1.54, 1.807) is 0 Å². The van der Waals surface area contributed by atoms with Crippen molar-refractivity contribution in [2.75, 3.05) is 16.3 Å². The molecule has 0 amide bonds. The molecular formula is C29H25N5O2S. The van der Waals surface area contributed by atoms with Crippen LogP contribution in [0.1, 0.15) is 19.4 Å². The second-order valence-corrected chi connectivity index (χ2v) is 11.3. The molecule has 2 N–H and O–H groups in total. The molecule has 2 heterocycles. The number of fused-ring (bicyclic) bond motifs is 2. The number of hydrogen-bond donors (Lipinski definition) is 2. The molecule has 7 nitrogen and oxygen atoms in total. The fraction of sp³-hybridized carbons (Fsp3) is 0.138. The van der Waals surface area contributed by atoms with Gasteiger partial charge in [0.2, 0.25) is 10.0 Å². The van der Waals surface area contributed by atoms with Gasteiger partial charge in [0.05, 0.1) is 46.3 Å². The van der Waals surface area contributed by atoms with Gasteiger partial charge in [-0.2, -0.15) is 5.26 Å². The van der Waals surface area contributed by atoms with Crippen LogP contribution in [0.25, 0.3) is 32.9 Å². The maximum Gasteiger partial charge on any atom is 0.229 e. The molecular weight excluding hydrogens is 482 g/mol. The van der Waals surface area contributed by atoms with Gasteiger partial charge < -0.3 is 5.32 Å². The van der Waals surface area contributed by atoms with Crippen LogP contribution < -0.4 is 10.0 Å². The van der Waals surface area contributed by atoms with Crippen LogP contribution in [-0.4, -0.2) is 24.6 Å². The largest absolute Gasteiger partial charge is 0.353 e. The van der Waals surface area contributed by atoms with Gasteiger partial charge in [-0.25, -0.2) is 8.42 Å². The van der Waals surface area contributed by atoms with Gasteiger partial charge in [-0.05, 0) is 61.4 Å². The average Bonchev–Trinajstić information content (AvgIpc) is 2.89. The van der Waals surface area contributed by atoms with Crippen molar-refractivity contribution >= 4 is 48.9 Å². The Morgan fingerprint density at radius 1 is 0.865 bits per heavy atom. The minimum absolute atomic E-state index is 0.338. The van der Waals surface area contributed by atoms with Crippen LogP contribution in [0.15, 0.2) is 85.2 Å². The summed E-state index contributed by atoms with van der Waals surface area (Å²) in [5, 5.41) is 14.6. The highest BCUT2D eigenvalue weighted by molar-refractivity contribution is 7.92. The van der Waals surface area contributed by atoms with Crippen molar-refractivity contribution in [3.63, 3.8) is 0 Å². The van der Waals surface area contributed by atoms with Crippen molar-refractivity contribution in [2.45, 2.75) is 19.3 Å². The predicted octanol–water partition coefficient (Wildman–Crippen LogP) is 6.37. The smallest absolute Gasteiger partial charge is 0.229 e. The molecule has 0 saturated carbocycles. The average molecular weight is 508 g/mol. The van der Waals surface area contributed by atoms with Gasteiger partial charge in [0.15, 0.2) is 0 Å². The molecule has 0 atom stereocenters. The zero-order valence-corrected chi connectivity index (χ0v) is 21.5. The van der Waals surface area contributed by atoms with E-state index in [1.165, 1.54) is 6.20 Å². The number of nitriles is 1. The van der Waals surface area contributed by atoms with Gasteiger partial charge >= 0.3 is 0 Å². The van der Waals surface area contributed by atoms with Crippen LogP contribution in [0.4, 0.5) is 17.1 Å². The number of para-hydroxylation sites is 1. The summed E-state index contributed by atoms with van der Waals surface area (Å²) in [7, 11) is -3.55. The minimum Gasteiger partial charge on any atom is -0.353 e. The Balaban J connectivity index is 1.63. The lowest BCUT2D eigenvalue weighted by Gasteiger charge is -2.18. The molecule has 0 unspecified atom stereocenters. The van der Waals surface area contributed by atoms with Crippen LogP contribution in [0.5, 0.6) is 0 Å². The van der Waals surface area contributed by atoms with E-state index >= 15 is 0 Å². The van der Waals surface area contributed by atoms with Gasteiger partial charge in [0, 0.05) is 28.2 Å². The van der Waals surface area contributed by atoms with E-state index in [1.807, 2.05) is 86.8 Å². The van der Waals surface area contributed by atoms with Crippen LogP contribution in [-0.2, 0) is 15.4 Å². The first kappa shape index (κ1) is 24.2. The van der Waals surface area contributed by atoms with Gasteiger partial charge in [-0.3, -0.25) is 14.7 Å². The normalized spacial score (nSPS) is 11.8. The maximum atomic E-state index is 12.1. The summed E-state index contributed by atoms with van der Waals surface area (Å²) in [6, 6.07) is 25.7. The van der Waals surface area contributed by atoms with Crippen molar-refractivity contribution in [2.24, 2.45) is 0 Å². The Hall–Kier alpha value is -4.48. The lowest BCUT2D eigenvalue weighted by Crippen LogP contribution is -2.13. The molecule has 0 fully saturated rings. The minimum atomic E-state index is -3.55. The first-order valence-corrected chi connectivity index (χ1v) is 13.6. The molecule has 0 aliphatic heterocycles. The van der Waals surface area contributed by atoms with Crippen LogP contribution in [0.2, 0.25) is 0 Å². The van der Waals surface area contributed by atoms with Gasteiger partial charge in [0.25, 0.3) is 0 Å². The van der Waals surface area contributed by atoms with Gasteiger partial charge in [-0.1, -0.05) is 36.4 Å². The van der Waals surface area contributed by atoms with Crippen molar-refractivity contribution in [3.8, 4) is 17.2 Å². The van der Waals surface area contributed by atoms with Gasteiger partial charge in [0.1, 0.15) is 0 Å². The molecule has 37 heavy (non-hydrogen) atoms. The topological polar surface area (TPSA) is 108 Å². The predicted molar refractivity (Wildman–Crippen MR) is 149 cm³/mol. The fourth-order valence-corrected chi connectivity index (χ4v) is 4.75. The summed E-state index contributed by atoms with van der Waals surface area (Å²) >= 11 is 0. The summed E-state index contributed by atoms with van der Waals surface area (Å²) in [5.41, 5.74) is 5.44. The van der Waals surface area contributed by atoms with E-state index in [9.17, 15) is 13.7 Å². The fourth-order valence-electron chi connectivity index (χ4n) is 4.19. The third-order valence-electron chi connectivity index (χ3n) is 6.24. The second kappa shape index (κ2) is 9.19. The Morgan fingerprint density at radius 3 is 2.32 bits per heavy atom. The number of aromatic nitrogens is 2. The summed E-state index contributed by atoms with van der Waals surface area (Å²) in [5.74, 6) is 0. The Labute approximate surface area is 215 Å². The number of pyridine rings is 2. The summed E-state index contributed by atoms with van der Waals surface area (Å²) in [6.45, 7) is 3.73. The molecule has 3 aromatic carbocycles. The van der Waals surface area contributed by atoms with Crippen molar-refractivity contribution in [3.05, 3.63) is 90.8 Å². The number of sulfonamides is 1. The van der Waals surface area contributed by atoms with Crippen LogP contribution in [0.3, 0.4) is 0 Å². The molecule has 0 aliphatic carbocycles. The maximum absolute atomic E-state index is 12.1. The lowest BCUT2D eigenvalue weighted by atomic mass is 9.86. The third-order valence-corrected chi connectivity index (χ3v) is 6.83. The molecule has 5 aromatic rings. The standard InChI is InChI=1S/C29H25N5O2S/c1-29(2,18-30)22-9-11-23(12-10-22)33-28-24-15-19(21-14-20-6-4-5-7-25(20)31-16-21)8-13-26(24)32-17-27(28)34-37(3,35)36/h4-17,34H,1-3H3,(H,32,33). The zero-order chi connectivity index (χ0) is 26.2. The van der Waals surface area contributed by atoms with E-state index in [4.69, 9.17) is 0 Å². The molecule has 0 spiro atoms. The van der Waals surface area contributed by atoms with Crippen molar-refractivity contribution in [1.82, 2.24) is 9.97 Å². The van der Waals surface area contributed by atoms with Crippen molar-refractivity contribution < 1.29 is 8.42 Å². The Kier molecular flexibility index (Phi) is 6.02. The molecule has 0 saturated heterocycles. The summed E-state index contributed by atoms with van der Waals surface area (Å²) < 4.78 is 26.9. The second-order valence-electron chi connectivity index (χ2n) is 9.51. The number of rotatable bonds is 6. The quantitative estimate of drug-likeness (QED) is 0.277. The van der Waals surface area contributed by atoms with Gasteiger partial charge in [-0.15, -0.1) is 0 Å². The number of nitrogens with one attached hydrogen (secondary N) is 2. The zero-order valence-electron chi connectivity index (χ0n) is 20.6. The highest BCUT2D eigenvalue weighted by Gasteiger charge is 2.20. The summed E-state index contributed by atoms with van der Waals surface area (Å²) in [6.07, 6.45) is 4.45. The van der Waals surface area contributed by atoms with E-state index in [0.717, 1.165) is 44.9 Å². The van der Waals surface area contributed by atoms with Crippen LogP contribution in [0, 0.1) is 11.3 Å². The van der Waals surface area contributed by atoms with E-state index in [2.05, 4.69) is 32.1 Å². The Bertz CT molecular complexity index is 1790. The number of hydrogen-bond acceptors (Lipinski definition) is 6. The molecule has 8 heteroatoms. The van der Waals surface area contributed by atoms with E-state index in [0.29, 0.717) is 16.9 Å². The Morgan fingerprint density at radius 2 is 1.59 bits per heavy atom. The molecule has 184 valence electrons. The molecule has 0 bridgehead atoms. The molecule has 2 aromatic heterocycles. The monoisotopic (exact) mass is 507 g/mol. The number of nitrogens with zero attached hydrogens (tertiary/aromatic N) is 3. The third kappa shape index (κ3) is 5.08. The highest BCUT2D eigenvalue weighted by Crippen LogP contribution is 2.36. The first-order chi connectivity index (χ1) is 17.6. The molecule has 0 radical (unpaired) electrons. The van der Waals surface area contributed by atoms with Crippen molar-refractivity contribution in [1.29, 1.82) is 5.26 Å². The van der Waals surface area contributed by atoms with E-state index in [-0.39, 0.29) is 0 Å². The first-order valence-electron chi connectivity index (χ1n) is 11.7. The summed E-state index contributed by atoms with van der Waals surface area (Å²) in [4.78, 5) is 9.07. The SMILES string of the molecule is CC(C)(C#N)c1ccc(Nc2c(NS(C)(=O)=O)cnc3ccc(-c4cnc5ccccc5c4)cc23)cc1. The number of benzene rings is 3. The number of anilines is 3. The van der Waals surface area contributed by atoms with E-state index < -0.39 is 15.4 Å². The molecule has 0 aliphatic rings. The lowest BCUT2D eigenvalue weighted by molar-refractivity contribution is 0.607. The highest BCUT2D eigenvalue weighted by atomic mass is 32.2. The van der Waals surface area contributed by atoms with Crippen LogP contribution >= 0.6 is 0 Å².